The van der Waals surface area contributed by atoms with Crippen molar-refractivity contribution in [1.29, 1.82) is 0 Å². The molecule has 1 aliphatic carbocycles. The van der Waals surface area contributed by atoms with Crippen molar-refractivity contribution in [3.63, 3.8) is 0 Å². The lowest BCUT2D eigenvalue weighted by Crippen LogP contribution is -2.42. The van der Waals surface area contributed by atoms with Crippen LogP contribution in [-0.2, 0) is 9.84 Å². The Kier molecular flexibility index (Phi) is 6.58. The highest BCUT2D eigenvalue weighted by molar-refractivity contribution is 14.0. The Hall–Kier alpha value is -1.03. The van der Waals surface area contributed by atoms with Crippen molar-refractivity contribution in [3.8, 4) is 5.75 Å². The molecule has 140 valence electrons. The molecular weight excluding hydrogens is 453 g/mol. The van der Waals surface area contributed by atoms with Crippen molar-refractivity contribution >= 4 is 39.8 Å². The summed E-state index contributed by atoms with van der Waals surface area (Å²) in [6.07, 6.45) is 5.31. The van der Waals surface area contributed by atoms with E-state index in [0.29, 0.717) is 25.4 Å². The fraction of sp³-hybridized carbons (Fsp3) is 0.588. The maximum Gasteiger partial charge on any atom is 0.189 e. The fourth-order valence-corrected chi connectivity index (χ4v) is 4.94. The van der Waals surface area contributed by atoms with E-state index in [0.717, 1.165) is 30.6 Å². The number of hydrogen-bond donors (Lipinski definition) is 2. The molecule has 1 saturated carbocycles. The molecule has 1 fully saturated rings. The maximum absolute atomic E-state index is 12.2. The second-order valence-corrected chi connectivity index (χ2v) is 9.15. The van der Waals surface area contributed by atoms with Gasteiger partial charge in [0.15, 0.2) is 15.8 Å². The van der Waals surface area contributed by atoms with Gasteiger partial charge in [-0.15, -0.1) is 24.0 Å². The van der Waals surface area contributed by atoms with Gasteiger partial charge in [-0.3, -0.25) is 4.99 Å². The molecular formula is C17H26IN3O3S. The Bertz CT molecular complexity index is 730. The summed E-state index contributed by atoms with van der Waals surface area (Å²) < 4.78 is 29.2. The molecule has 6 nitrogen and oxygen atoms in total. The lowest BCUT2D eigenvalue weighted by molar-refractivity contribution is 0.262. The van der Waals surface area contributed by atoms with E-state index in [9.17, 15) is 8.42 Å². The lowest BCUT2D eigenvalue weighted by atomic mass is 10.0. The van der Waals surface area contributed by atoms with Gasteiger partial charge in [-0.25, -0.2) is 8.42 Å². The Balaban J connectivity index is 0.00000225. The zero-order chi connectivity index (χ0) is 17.2. The lowest BCUT2D eigenvalue weighted by Gasteiger charge is -2.28. The monoisotopic (exact) mass is 479 g/mol. The maximum atomic E-state index is 12.2. The van der Waals surface area contributed by atoms with Gasteiger partial charge in [0.05, 0.1) is 23.9 Å². The SMILES string of the molecule is CS(=O)(=O)C1(CN=C(N)NC2CCOc3ccccc32)CCCC1.I. The predicted octanol–water partition coefficient (Wildman–Crippen LogP) is 2.39. The number of aliphatic imine (C=N–C) groups is 1. The molecule has 0 amide bonds. The predicted molar refractivity (Wildman–Crippen MR) is 110 cm³/mol. The van der Waals surface area contributed by atoms with Gasteiger partial charge >= 0.3 is 0 Å². The van der Waals surface area contributed by atoms with E-state index in [1.807, 2.05) is 24.3 Å². The molecule has 1 atom stereocenters. The van der Waals surface area contributed by atoms with Gasteiger partial charge in [0.1, 0.15) is 5.75 Å². The molecule has 1 heterocycles. The summed E-state index contributed by atoms with van der Waals surface area (Å²) in [5, 5.41) is 3.22. The van der Waals surface area contributed by atoms with Crippen LogP contribution in [0.15, 0.2) is 29.3 Å². The number of nitrogens with zero attached hydrogens (tertiary/aromatic N) is 1. The van der Waals surface area contributed by atoms with E-state index >= 15 is 0 Å². The van der Waals surface area contributed by atoms with Crippen LogP contribution in [0.2, 0.25) is 0 Å². The molecule has 8 heteroatoms. The Morgan fingerprint density at radius 2 is 2.04 bits per heavy atom. The van der Waals surface area contributed by atoms with Crippen LogP contribution in [0.1, 0.15) is 43.7 Å². The summed E-state index contributed by atoms with van der Waals surface area (Å²) in [6.45, 7) is 0.852. The minimum atomic E-state index is -3.15. The van der Waals surface area contributed by atoms with Crippen molar-refractivity contribution < 1.29 is 13.2 Å². The fourth-order valence-electron chi connectivity index (χ4n) is 3.61. The number of fused-ring (bicyclic) bond motifs is 1. The van der Waals surface area contributed by atoms with E-state index in [1.165, 1.54) is 6.26 Å². The number of ether oxygens (including phenoxy) is 1. The van der Waals surface area contributed by atoms with E-state index in [1.54, 1.807) is 0 Å². The average Bonchev–Trinajstić information content (AvgIpc) is 3.03. The minimum absolute atomic E-state index is 0. The number of benzene rings is 1. The number of rotatable bonds is 4. The number of halogens is 1. The highest BCUT2D eigenvalue weighted by Crippen LogP contribution is 2.37. The van der Waals surface area contributed by atoms with Gasteiger partial charge < -0.3 is 15.8 Å². The topological polar surface area (TPSA) is 93.8 Å². The molecule has 1 aromatic carbocycles. The highest BCUT2D eigenvalue weighted by Gasteiger charge is 2.43. The van der Waals surface area contributed by atoms with E-state index < -0.39 is 14.6 Å². The Labute approximate surface area is 166 Å². The second-order valence-electron chi connectivity index (χ2n) is 6.74. The number of hydrogen-bond acceptors (Lipinski definition) is 4. The molecule has 0 saturated heterocycles. The van der Waals surface area contributed by atoms with E-state index in [2.05, 4.69) is 10.3 Å². The smallest absolute Gasteiger partial charge is 0.189 e. The first-order valence-corrected chi connectivity index (χ1v) is 10.3. The number of para-hydroxylation sites is 1. The second kappa shape index (κ2) is 8.11. The average molecular weight is 479 g/mol. The van der Waals surface area contributed by atoms with Crippen LogP contribution in [0.25, 0.3) is 0 Å². The van der Waals surface area contributed by atoms with Gasteiger partial charge in [0, 0.05) is 18.2 Å². The third-order valence-corrected chi connectivity index (χ3v) is 7.23. The molecule has 0 spiro atoms. The van der Waals surface area contributed by atoms with Gasteiger partial charge in [-0.1, -0.05) is 31.0 Å². The third kappa shape index (κ3) is 4.39. The van der Waals surface area contributed by atoms with Crippen LogP contribution >= 0.6 is 24.0 Å². The van der Waals surface area contributed by atoms with Gasteiger partial charge in [0.2, 0.25) is 0 Å². The summed E-state index contributed by atoms with van der Waals surface area (Å²) in [7, 11) is -3.15. The zero-order valence-corrected chi connectivity index (χ0v) is 17.5. The molecule has 0 bridgehead atoms. The van der Waals surface area contributed by atoms with E-state index in [4.69, 9.17) is 10.5 Å². The standard InChI is InChI=1S/C17H25N3O3S.HI/c1-24(21,22)17(9-4-5-10-17)12-19-16(18)20-14-8-11-23-15-7-3-2-6-13(14)15;/h2-3,6-7,14H,4-5,8-12H2,1H3,(H3,18,19,20);1H. The van der Waals surface area contributed by atoms with E-state index in [-0.39, 0.29) is 36.6 Å². The normalized spacial score (nSPS) is 22.4. The third-order valence-electron chi connectivity index (χ3n) is 5.12. The summed E-state index contributed by atoms with van der Waals surface area (Å²) >= 11 is 0. The van der Waals surface area contributed by atoms with Crippen molar-refractivity contribution in [2.24, 2.45) is 10.7 Å². The molecule has 1 aromatic rings. The van der Waals surface area contributed by atoms with Crippen molar-refractivity contribution in [2.75, 3.05) is 19.4 Å². The first kappa shape index (κ1) is 20.3. The molecule has 2 aliphatic rings. The van der Waals surface area contributed by atoms with Crippen LogP contribution in [0.4, 0.5) is 0 Å². The van der Waals surface area contributed by atoms with Crippen molar-refractivity contribution in [3.05, 3.63) is 29.8 Å². The van der Waals surface area contributed by atoms with Crippen LogP contribution in [0.5, 0.6) is 5.75 Å². The minimum Gasteiger partial charge on any atom is -0.493 e. The van der Waals surface area contributed by atoms with Crippen molar-refractivity contribution in [1.82, 2.24) is 5.32 Å². The number of nitrogens with one attached hydrogen (secondary N) is 1. The number of guanidine groups is 1. The molecule has 3 N–H and O–H groups in total. The van der Waals surface area contributed by atoms with Crippen LogP contribution in [-0.4, -0.2) is 38.5 Å². The van der Waals surface area contributed by atoms with Gasteiger partial charge in [0.25, 0.3) is 0 Å². The van der Waals surface area contributed by atoms with Gasteiger partial charge in [-0.2, -0.15) is 0 Å². The first-order chi connectivity index (χ1) is 11.4. The number of sulfone groups is 1. The summed E-state index contributed by atoms with van der Waals surface area (Å²) in [5.41, 5.74) is 7.10. The molecule has 1 aliphatic heterocycles. The molecule has 1 unspecified atom stereocenters. The summed E-state index contributed by atoms with van der Waals surface area (Å²) in [6, 6.07) is 7.89. The van der Waals surface area contributed by atoms with Crippen molar-refractivity contribution in [2.45, 2.75) is 42.9 Å². The molecule has 0 aromatic heterocycles. The van der Waals surface area contributed by atoms with Crippen LogP contribution in [0, 0.1) is 0 Å². The summed E-state index contributed by atoms with van der Waals surface area (Å²) in [5.74, 6) is 1.16. The first-order valence-electron chi connectivity index (χ1n) is 8.39. The van der Waals surface area contributed by atoms with Crippen LogP contribution < -0.4 is 15.8 Å². The van der Waals surface area contributed by atoms with Gasteiger partial charge in [-0.05, 0) is 18.9 Å². The number of nitrogens with two attached hydrogens (primary N) is 1. The Morgan fingerprint density at radius 1 is 1.36 bits per heavy atom. The quantitative estimate of drug-likeness (QED) is 0.393. The highest BCUT2D eigenvalue weighted by atomic mass is 127. The molecule has 3 rings (SSSR count). The zero-order valence-electron chi connectivity index (χ0n) is 14.4. The Morgan fingerprint density at radius 3 is 2.72 bits per heavy atom. The van der Waals surface area contributed by atoms with Crippen LogP contribution in [0.3, 0.4) is 0 Å². The molecule has 0 radical (unpaired) electrons. The molecule has 25 heavy (non-hydrogen) atoms. The largest absolute Gasteiger partial charge is 0.493 e. The summed E-state index contributed by atoms with van der Waals surface area (Å²) in [4.78, 5) is 4.38.